The van der Waals surface area contributed by atoms with Crippen LogP contribution in [0.5, 0.6) is 11.5 Å². The molecule has 200 valence electrons. The molecule has 4 amide bonds. The summed E-state index contributed by atoms with van der Waals surface area (Å²) in [5, 5.41) is 9.65. The molecule has 10 heteroatoms. The normalized spacial score (nSPS) is 10.4. The van der Waals surface area contributed by atoms with Crippen molar-refractivity contribution in [1.29, 1.82) is 0 Å². The largest absolute Gasteiger partial charge is 0.457 e. The van der Waals surface area contributed by atoms with Gasteiger partial charge in [0.25, 0.3) is 0 Å². The Morgan fingerprint density at radius 2 is 1.46 bits per heavy atom. The van der Waals surface area contributed by atoms with Gasteiger partial charge >= 0.3 is 12.1 Å². The van der Waals surface area contributed by atoms with Crippen molar-refractivity contribution in [2.24, 2.45) is 0 Å². The summed E-state index contributed by atoms with van der Waals surface area (Å²) < 4.78 is 5.87. The monoisotopic (exact) mass is 582 g/mol. The summed E-state index contributed by atoms with van der Waals surface area (Å²) in [7, 11) is 0. The van der Waals surface area contributed by atoms with Crippen LogP contribution >= 0.6 is 34.8 Å². The van der Waals surface area contributed by atoms with Gasteiger partial charge < -0.3 is 20.7 Å². The Balaban J connectivity index is 1.39. The van der Waals surface area contributed by atoms with Crippen LogP contribution in [0.3, 0.4) is 0 Å². The molecule has 0 bridgehead atoms. The third-order valence-electron chi connectivity index (χ3n) is 5.47. The maximum Gasteiger partial charge on any atom is 0.326 e. The van der Waals surface area contributed by atoms with E-state index in [-0.39, 0.29) is 6.03 Å². The third-order valence-corrected chi connectivity index (χ3v) is 6.25. The number of hydrogen-bond donors (Lipinski definition) is 3. The van der Waals surface area contributed by atoms with E-state index in [1.807, 2.05) is 30.3 Å². The average Bonchev–Trinajstić information content (AvgIpc) is 2.91. The molecule has 0 radical (unpaired) electrons. The first-order valence-corrected chi connectivity index (χ1v) is 13.2. The molecule has 0 aliphatic rings. The molecule has 0 unspecified atom stereocenters. The Morgan fingerprint density at radius 1 is 0.744 bits per heavy atom. The standard InChI is InChI=1S/C29H25Cl3N4O3/c30-20-6-4-7-22(18-20)34-29(38)36(23-11-13-25(14-12-23)39-24-8-2-1-3-9-24)17-5-16-33-28(37)35-27-15-10-21(31)19-26(27)32/h1-4,6-15,18-19H,5,16-17H2,(H,34,38)(H2,33,35,37). The number of urea groups is 2. The number of carbonyl (C=O) groups excluding carboxylic acids is 2. The molecule has 0 saturated heterocycles. The van der Waals surface area contributed by atoms with E-state index in [9.17, 15) is 9.59 Å². The fourth-order valence-corrected chi connectivity index (χ4v) is 4.27. The molecule has 0 aliphatic heterocycles. The minimum absolute atomic E-state index is 0.313. The predicted molar refractivity (Wildman–Crippen MR) is 159 cm³/mol. The fourth-order valence-electron chi connectivity index (χ4n) is 3.62. The van der Waals surface area contributed by atoms with Crippen molar-refractivity contribution in [3.63, 3.8) is 0 Å². The van der Waals surface area contributed by atoms with Gasteiger partial charge in [0.2, 0.25) is 0 Å². The zero-order valence-corrected chi connectivity index (χ0v) is 22.9. The SMILES string of the molecule is O=C(NCCCN(C(=O)Nc1cccc(Cl)c1)c1ccc(Oc2ccccc2)cc1)Nc1ccc(Cl)cc1Cl. The highest BCUT2D eigenvalue weighted by atomic mass is 35.5. The van der Waals surface area contributed by atoms with Gasteiger partial charge in [-0.25, -0.2) is 9.59 Å². The molecule has 0 atom stereocenters. The first kappa shape index (κ1) is 28.1. The number of carbonyl (C=O) groups is 2. The maximum absolute atomic E-state index is 13.2. The number of para-hydroxylation sites is 1. The lowest BCUT2D eigenvalue weighted by Gasteiger charge is -2.24. The molecule has 0 aliphatic carbocycles. The summed E-state index contributed by atoms with van der Waals surface area (Å²) in [6.45, 7) is 0.639. The van der Waals surface area contributed by atoms with Gasteiger partial charge in [-0.05, 0) is 79.2 Å². The molecule has 7 nitrogen and oxygen atoms in total. The van der Waals surface area contributed by atoms with Crippen molar-refractivity contribution in [1.82, 2.24) is 5.32 Å². The van der Waals surface area contributed by atoms with Crippen molar-refractivity contribution in [3.05, 3.63) is 112 Å². The summed E-state index contributed by atoms with van der Waals surface area (Å²) >= 11 is 18.1. The first-order chi connectivity index (χ1) is 18.9. The zero-order valence-electron chi connectivity index (χ0n) is 20.7. The second-order valence-corrected chi connectivity index (χ2v) is 9.64. The predicted octanol–water partition coefficient (Wildman–Crippen LogP) is 8.69. The Bertz CT molecular complexity index is 1420. The van der Waals surface area contributed by atoms with Gasteiger partial charge in [0.1, 0.15) is 11.5 Å². The van der Waals surface area contributed by atoms with Crippen LogP contribution in [0, 0.1) is 0 Å². The highest BCUT2D eigenvalue weighted by Gasteiger charge is 2.17. The van der Waals surface area contributed by atoms with E-state index >= 15 is 0 Å². The van der Waals surface area contributed by atoms with Crippen molar-refractivity contribution < 1.29 is 14.3 Å². The molecule has 0 fully saturated rings. The lowest BCUT2D eigenvalue weighted by molar-refractivity contribution is 0.252. The number of amides is 4. The smallest absolute Gasteiger partial charge is 0.326 e. The van der Waals surface area contributed by atoms with Gasteiger partial charge in [-0.1, -0.05) is 59.1 Å². The summed E-state index contributed by atoms with van der Waals surface area (Å²) in [6.07, 6.45) is 0.479. The van der Waals surface area contributed by atoms with Crippen molar-refractivity contribution in [2.75, 3.05) is 28.6 Å². The van der Waals surface area contributed by atoms with Gasteiger partial charge in [0.15, 0.2) is 0 Å². The van der Waals surface area contributed by atoms with Crippen LogP contribution in [0.15, 0.2) is 97.1 Å². The number of halogens is 3. The molecule has 0 spiro atoms. The molecule has 0 saturated carbocycles. The Kier molecular flexibility index (Phi) is 9.91. The second-order valence-electron chi connectivity index (χ2n) is 8.36. The molecule has 4 rings (SSSR count). The summed E-state index contributed by atoms with van der Waals surface area (Å²) in [5.41, 5.74) is 1.67. The van der Waals surface area contributed by atoms with E-state index in [1.54, 1.807) is 71.6 Å². The molecule has 4 aromatic carbocycles. The van der Waals surface area contributed by atoms with Gasteiger partial charge in [-0.15, -0.1) is 0 Å². The van der Waals surface area contributed by atoms with Crippen LogP contribution in [0.1, 0.15) is 6.42 Å². The number of ether oxygens (including phenoxy) is 1. The molecular weight excluding hydrogens is 559 g/mol. The van der Waals surface area contributed by atoms with E-state index in [1.165, 1.54) is 0 Å². The lowest BCUT2D eigenvalue weighted by Crippen LogP contribution is -2.38. The van der Waals surface area contributed by atoms with Gasteiger partial charge in [0, 0.05) is 34.5 Å². The minimum Gasteiger partial charge on any atom is -0.457 e. The van der Waals surface area contributed by atoms with E-state index in [2.05, 4.69) is 16.0 Å². The zero-order chi connectivity index (χ0) is 27.6. The van der Waals surface area contributed by atoms with E-state index < -0.39 is 6.03 Å². The molecule has 0 heterocycles. The quantitative estimate of drug-likeness (QED) is 0.172. The lowest BCUT2D eigenvalue weighted by atomic mass is 10.2. The van der Waals surface area contributed by atoms with Crippen molar-refractivity contribution in [3.8, 4) is 11.5 Å². The molecular formula is C29H25Cl3N4O3. The summed E-state index contributed by atoms with van der Waals surface area (Å²) in [5.74, 6) is 1.35. The number of hydrogen-bond acceptors (Lipinski definition) is 3. The molecule has 4 aromatic rings. The Morgan fingerprint density at radius 3 is 2.18 bits per heavy atom. The Labute approximate surface area is 241 Å². The van der Waals surface area contributed by atoms with Crippen molar-refractivity contribution >= 4 is 63.9 Å². The van der Waals surface area contributed by atoms with Crippen LogP contribution in [0.2, 0.25) is 15.1 Å². The fraction of sp³-hybridized carbons (Fsp3) is 0.103. The van der Waals surface area contributed by atoms with E-state index in [4.69, 9.17) is 39.5 Å². The number of rotatable bonds is 9. The van der Waals surface area contributed by atoms with Gasteiger partial charge in [-0.2, -0.15) is 0 Å². The number of anilines is 3. The van der Waals surface area contributed by atoms with Crippen LogP contribution in [-0.4, -0.2) is 25.2 Å². The summed E-state index contributed by atoms with van der Waals surface area (Å²) in [4.78, 5) is 27.2. The number of benzene rings is 4. The van der Waals surface area contributed by atoms with Gasteiger partial charge in [0.05, 0.1) is 10.7 Å². The topological polar surface area (TPSA) is 82.7 Å². The van der Waals surface area contributed by atoms with E-state index in [0.29, 0.717) is 63.1 Å². The minimum atomic E-state index is -0.420. The maximum atomic E-state index is 13.2. The Hall–Kier alpha value is -3.91. The van der Waals surface area contributed by atoms with E-state index in [0.717, 1.165) is 0 Å². The number of nitrogens with zero attached hydrogens (tertiary/aromatic N) is 1. The third kappa shape index (κ3) is 8.55. The van der Waals surface area contributed by atoms with Gasteiger partial charge in [-0.3, -0.25) is 4.90 Å². The molecule has 39 heavy (non-hydrogen) atoms. The molecule has 3 N–H and O–H groups in total. The summed E-state index contributed by atoms with van der Waals surface area (Å²) in [6, 6.07) is 27.6. The highest BCUT2D eigenvalue weighted by Crippen LogP contribution is 2.26. The number of nitrogens with one attached hydrogen (secondary N) is 3. The second kappa shape index (κ2) is 13.8. The first-order valence-electron chi connectivity index (χ1n) is 12.0. The highest BCUT2D eigenvalue weighted by molar-refractivity contribution is 6.36. The average molecular weight is 584 g/mol. The van der Waals surface area contributed by atoms with Crippen LogP contribution < -0.4 is 25.6 Å². The van der Waals surface area contributed by atoms with Crippen LogP contribution in [0.4, 0.5) is 26.7 Å². The van der Waals surface area contributed by atoms with Crippen molar-refractivity contribution in [2.45, 2.75) is 6.42 Å². The van der Waals surface area contributed by atoms with Crippen LogP contribution in [0.25, 0.3) is 0 Å². The molecule has 0 aromatic heterocycles. The van der Waals surface area contributed by atoms with Crippen LogP contribution in [-0.2, 0) is 0 Å².